The Bertz CT molecular complexity index is 953. The summed E-state index contributed by atoms with van der Waals surface area (Å²) in [6.07, 6.45) is 0.694. The van der Waals surface area contributed by atoms with Crippen LogP contribution in [0.5, 0.6) is 11.5 Å². The van der Waals surface area contributed by atoms with E-state index in [0.717, 1.165) is 28.3 Å². The molecule has 1 aromatic heterocycles. The number of carbonyl (C=O) groups is 1. The monoisotopic (exact) mass is 364 g/mol. The van der Waals surface area contributed by atoms with Gasteiger partial charge in [-0.25, -0.2) is 4.68 Å². The minimum Gasteiger partial charge on any atom is -0.454 e. The molecule has 27 heavy (non-hydrogen) atoms. The molecule has 1 aliphatic heterocycles. The molecule has 2 aromatic carbocycles. The zero-order chi connectivity index (χ0) is 18.6. The molecule has 1 amide bonds. The molecule has 7 heteroatoms. The minimum absolute atomic E-state index is 0.215. The lowest BCUT2D eigenvalue weighted by atomic mass is 10.1. The molecule has 0 spiro atoms. The Morgan fingerprint density at radius 3 is 2.78 bits per heavy atom. The zero-order valence-electron chi connectivity index (χ0n) is 15.0. The van der Waals surface area contributed by atoms with Crippen molar-refractivity contribution < 1.29 is 14.3 Å². The van der Waals surface area contributed by atoms with Gasteiger partial charge in [0.25, 0.3) is 5.91 Å². The van der Waals surface area contributed by atoms with Gasteiger partial charge in [-0.3, -0.25) is 4.79 Å². The van der Waals surface area contributed by atoms with E-state index in [0.29, 0.717) is 25.2 Å². The Balaban J connectivity index is 1.34. The summed E-state index contributed by atoms with van der Waals surface area (Å²) in [7, 11) is 0. The van der Waals surface area contributed by atoms with E-state index in [1.165, 1.54) is 0 Å². The lowest BCUT2D eigenvalue weighted by Gasteiger charge is -2.06. The van der Waals surface area contributed by atoms with Crippen LogP contribution < -0.4 is 14.8 Å². The summed E-state index contributed by atoms with van der Waals surface area (Å²) in [4.78, 5) is 12.4. The number of amides is 1. The summed E-state index contributed by atoms with van der Waals surface area (Å²) in [6.45, 7) is 3.21. The smallest absolute Gasteiger partial charge is 0.273 e. The van der Waals surface area contributed by atoms with Gasteiger partial charge >= 0.3 is 0 Å². The summed E-state index contributed by atoms with van der Waals surface area (Å²) in [5, 5.41) is 11.1. The molecule has 1 N–H and O–H groups in total. The molecule has 138 valence electrons. The van der Waals surface area contributed by atoms with Gasteiger partial charge in [0.15, 0.2) is 17.2 Å². The largest absolute Gasteiger partial charge is 0.454 e. The first-order valence-electron chi connectivity index (χ1n) is 8.81. The van der Waals surface area contributed by atoms with Crippen molar-refractivity contribution in [2.45, 2.75) is 19.9 Å². The molecule has 0 atom stereocenters. The van der Waals surface area contributed by atoms with E-state index in [2.05, 4.69) is 15.6 Å². The van der Waals surface area contributed by atoms with Gasteiger partial charge in [-0.2, -0.15) is 0 Å². The van der Waals surface area contributed by atoms with Crippen molar-refractivity contribution in [1.29, 1.82) is 0 Å². The standard InChI is InChI=1S/C20H20N4O3/c1-14-19(22-23-24(14)12-16-5-3-2-4-6-16)20(25)21-10-9-15-7-8-17-18(11-15)27-13-26-17/h2-8,11H,9-10,12-13H2,1H3,(H,21,25). The van der Waals surface area contributed by atoms with Crippen molar-refractivity contribution in [2.24, 2.45) is 0 Å². The highest BCUT2D eigenvalue weighted by atomic mass is 16.7. The van der Waals surface area contributed by atoms with Gasteiger partial charge < -0.3 is 14.8 Å². The second kappa shape index (κ2) is 7.49. The second-order valence-corrected chi connectivity index (χ2v) is 6.36. The Hall–Kier alpha value is -3.35. The molecule has 0 bridgehead atoms. The number of hydrogen-bond acceptors (Lipinski definition) is 5. The molecule has 0 saturated carbocycles. The van der Waals surface area contributed by atoms with Crippen molar-refractivity contribution >= 4 is 5.91 Å². The van der Waals surface area contributed by atoms with Crippen molar-refractivity contribution in [3.05, 3.63) is 71.0 Å². The summed E-state index contributed by atoms with van der Waals surface area (Å²) < 4.78 is 12.4. The zero-order valence-corrected chi connectivity index (χ0v) is 15.0. The van der Waals surface area contributed by atoms with E-state index >= 15 is 0 Å². The van der Waals surface area contributed by atoms with E-state index in [1.807, 2.05) is 55.5 Å². The maximum Gasteiger partial charge on any atom is 0.273 e. The van der Waals surface area contributed by atoms with Crippen molar-refractivity contribution in [1.82, 2.24) is 20.3 Å². The van der Waals surface area contributed by atoms with Crippen LogP contribution >= 0.6 is 0 Å². The van der Waals surface area contributed by atoms with E-state index < -0.39 is 0 Å². The van der Waals surface area contributed by atoms with E-state index in [9.17, 15) is 4.79 Å². The molecule has 0 saturated heterocycles. The molecule has 1 aliphatic rings. The fraction of sp³-hybridized carbons (Fsp3) is 0.250. The predicted octanol–water partition coefficient (Wildman–Crippen LogP) is 2.34. The summed E-state index contributed by atoms with van der Waals surface area (Å²) in [6, 6.07) is 15.8. The highest BCUT2D eigenvalue weighted by Gasteiger charge is 2.17. The van der Waals surface area contributed by atoms with Crippen LogP contribution in [0.25, 0.3) is 0 Å². The normalized spacial score (nSPS) is 12.2. The Labute approximate surface area is 156 Å². The van der Waals surface area contributed by atoms with Crippen LogP contribution in [0.4, 0.5) is 0 Å². The average Bonchev–Trinajstić information content (AvgIpc) is 3.29. The van der Waals surface area contributed by atoms with Gasteiger partial charge in [0.05, 0.1) is 12.2 Å². The molecule has 0 aliphatic carbocycles. The molecule has 0 radical (unpaired) electrons. The predicted molar refractivity (Wildman–Crippen MR) is 98.9 cm³/mol. The lowest BCUT2D eigenvalue weighted by Crippen LogP contribution is -2.26. The van der Waals surface area contributed by atoms with Crippen molar-refractivity contribution in [2.75, 3.05) is 13.3 Å². The molecule has 7 nitrogen and oxygen atoms in total. The highest BCUT2D eigenvalue weighted by Crippen LogP contribution is 2.32. The Morgan fingerprint density at radius 2 is 1.93 bits per heavy atom. The summed E-state index contributed by atoms with van der Waals surface area (Å²) in [5.41, 5.74) is 3.29. The molecular weight excluding hydrogens is 344 g/mol. The lowest BCUT2D eigenvalue weighted by molar-refractivity contribution is 0.0948. The number of nitrogens with one attached hydrogen (secondary N) is 1. The fourth-order valence-corrected chi connectivity index (χ4v) is 2.98. The first-order chi connectivity index (χ1) is 13.2. The Kier molecular flexibility index (Phi) is 4.74. The maximum atomic E-state index is 12.4. The van der Waals surface area contributed by atoms with Gasteiger partial charge in [-0.05, 0) is 36.6 Å². The fourth-order valence-electron chi connectivity index (χ4n) is 2.98. The number of rotatable bonds is 6. The quantitative estimate of drug-likeness (QED) is 0.726. The molecule has 4 rings (SSSR count). The first kappa shape index (κ1) is 17.1. The number of nitrogens with zero attached hydrogens (tertiary/aromatic N) is 3. The van der Waals surface area contributed by atoms with Crippen molar-refractivity contribution in [3.63, 3.8) is 0 Å². The topological polar surface area (TPSA) is 78.3 Å². The third-order valence-electron chi connectivity index (χ3n) is 4.51. The van der Waals surface area contributed by atoms with Crippen LogP contribution in [0, 0.1) is 6.92 Å². The van der Waals surface area contributed by atoms with E-state index in [1.54, 1.807) is 4.68 Å². The molecular formula is C20H20N4O3. The van der Waals surface area contributed by atoms with Crippen LogP contribution in [-0.2, 0) is 13.0 Å². The number of ether oxygens (including phenoxy) is 2. The molecule has 0 unspecified atom stereocenters. The first-order valence-corrected chi connectivity index (χ1v) is 8.81. The van der Waals surface area contributed by atoms with Crippen LogP contribution in [0.15, 0.2) is 48.5 Å². The second-order valence-electron chi connectivity index (χ2n) is 6.36. The van der Waals surface area contributed by atoms with Gasteiger partial charge in [-0.15, -0.1) is 5.10 Å². The number of fused-ring (bicyclic) bond motifs is 1. The number of benzene rings is 2. The van der Waals surface area contributed by atoms with E-state index in [-0.39, 0.29) is 12.7 Å². The maximum absolute atomic E-state index is 12.4. The van der Waals surface area contributed by atoms with Gasteiger partial charge in [0.1, 0.15) is 0 Å². The van der Waals surface area contributed by atoms with E-state index in [4.69, 9.17) is 9.47 Å². The van der Waals surface area contributed by atoms with Crippen LogP contribution in [-0.4, -0.2) is 34.2 Å². The summed E-state index contributed by atoms with van der Waals surface area (Å²) >= 11 is 0. The minimum atomic E-state index is -0.215. The third-order valence-corrected chi connectivity index (χ3v) is 4.51. The molecule has 3 aromatic rings. The Morgan fingerprint density at radius 1 is 1.11 bits per heavy atom. The third kappa shape index (κ3) is 3.76. The van der Waals surface area contributed by atoms with Crippen LogP contribution in [0.1, 0.15) is 27.3 Å². The molecule has 2 heterocycles. The molecule has 0 fully saturated rings. The van der Waals surface area contributed by atoms with Gasteiger partial charge in [0, 0.05) is 6.54 Å². The van der Waals surface area contributed by atoms with Gasteiger partial charge in [-0.1, -0.05) is 41.6 Å². The van der Waals surface area contributed by atoms with Gasteiger partial charge in [0.2, 0.25) is 6.79 Å². The summed E-state index contributed by atoms with van der Waals surface area (Å²) in [5.74, 6) is 1.29. The van der Waals surface area contributed by atoms with Crippen LogP contribution in [0.2, 0.25) is 0 Å². The number of hydrogen-bond donors (Lipinski definition) is 1. The highest BCUT2D eigenvalue weighted by molar-refractivity contribution is 5.93. The SMILES string of the molecule is Cc1c(C(=O)NCCc2ccc3c(c2)OCO3)nnn1Cc1ccccc1. The average molecular weight is 364 g/mol. The van der Waals surface area contributed by atoms with Crippen LogP contribution in [0.3, 0.4) is 0 Å². The number of carbonyl (C=O) groups excluding carboxylic acids is 1. The number of aromatic nitrogens is 3. The van der Waals surface area contributed by atoms with Crippen molar-refractivity contribution in [3.8, 4) is 11.5 Å².